The first kappa shape index (κ1) is 12.1. The van der Waals surface area contributed by atoms with Crippen LogP contribution in [-0.4, -0.2) is 48.5 Å². The molecule has 0 spiro atoms. The Morgan fingerprint density at radius 1 is 1.33 bits per heavy atom. The molecule has 0 aromatic carbocycles. The predicted octanol–water partition coefficient (Wildman–Crippen LogP) is -0.860. The minimum absolute atomic E-state index is 0.0461. The molecule has 0 aromatic heterocycles. The second-order valence-electron chi connectivity index (χ2n) is 2.81. The van der Waals surface area contributed by atoms with Crippen molar-refractivity contribution in [2.45, 2.75) is 12.4 Å². The number of aliphatic hydroxyl groups excluding tert-OH is 1. The predicted molar refractivity (Wildman–Crippen MR) is 64.1 cm³/mol. The third-order valence-corrected chi connectivity index (χ3v) is 2.40. The Bertz CT molecular complexity index is 255. The van der Waals surface area contributed by atoms with E-state index in [0.29, 0.717) is 25.0 Å². The molecule has 6 nitrogen and oxygen atoms in total. The SMILES string of the molecule is CCN=C1NC(=NCCO)NC(SC)N1. The van der Waals surface area contributed by atoms with Gasteiger partial charge in [0.25, 0.3) is 0 Å². The molecule has 1 aliphatic heterocycles. The van der Waals surface area contributed by atoms with Gasteiger partial charge in [0.15, 0.2) is 11.9 Å². The van der Waals surface area contributed by atoms with Gasteiger partial charge < -0.3 is 15.7 Å². The highest BCUT2D eigenvalue weighted by molar-refractivity contribution is 7.99. The van der Waals surface area contributed by atoms with E-state index in [-0.39, 0.29) is 12.1 Å². The number of nitrogens with one attached hydrogen (secondary N) is 3. The summed E-state index contributed by atoms with van der Waals surface area (Å²) in [6, 6.07) is 0. The molecular formula is C8H17N5OS. The summed E-state index contributed by atoms with van der Waals surface area (Å²) < 4.78 is 0. The molecule has 0 aromatic rings. The molecule has 1 atom stereocenters. The van der Waals surface area contributed by atoms with Crippen LogP contribution in [0.5, 0.6) is 0 Å². The monoisotopic (exact) mass is 231 g/mol. The fraction of sp³-hybridized carbons (Fsp3) is 0.750. The van der Waals surface area contributed by atoms with Crippen molar-refractivity contribution in [3.05, 3.63) is 0 Å². The topological polar surface area (TPSA) is 81.0 Å². The van der Waals surface area contributed by atoms with E-state index in [1.807, 2.05) is 13.2 Å². The lowest BCUT2D eigenvalue weighted by molar-refractivity contribution is 0.306. The van der Waals surface area contributed by atoms with Crippen LogP contribution in [0.25, 0.3) is 0 Å². The average molecular weight is 231 g/mol. The van der Waals surface area contributed by atoms with Crippen molar-refractivity contribution >= 4 is 23.7 Å². The number of nitrogens with zero attached hydrogens (tertiary/aromatic N) is 2. The fourth-order valence-electron chi connectivity index (χ4n) is 1.08. The van der Waals surface area contributed by atoms with Crippen LogP contribution in [0.3, 0.4) is 0 Å². The molecule has 1 saturated heterocycles. The third kappa shape index (κ3) is 3.96. The molecule has 1 heterocycles. The number of aliphatic imine (C=N–C) groups is 2. The van der Waals surface area contributed by atoms with Gasteiger partial charge in [-0.1, -0.05) is 0 Å². The number of rotatable bonds is 4. The van der Waals surface area contributed by atoms with Crippen molar-refractivity contribution in [2.24, 2.45) is 9.98 Å². The van der Waals surface area contributed by atoms with Crippen molar-refractivity contribution in [1.29, 1.82) is 0 Å². The molecule has 86 valence electrons. The molecule has 15 heavy (non-hydrogen) atoms. The molecular weight excluding hydrogens is 214 g/mol. The molecule has 1 aliphatic rings. The molecule has 0 bridgehead atoms. The average Bonchev–Trinajstić information content (AvgIpc) is 2.26. The van der Waals surface area contributed by atoms with E-state index in [0.717, 1.165) is 0 Å². The molecule has 1 rings (SSSR count). The van der Waals surface area contributed by atoms with Crippen LogP contribution >= 0.6 is 11.8 Å². The summed E-state index contributed by atoms with van der Waals surface area (Å²) in [6.45, 7) is 3.11. The van der Waals surface area contributed by atoms with Gasteiger partial charge >= 0.3 is 0 Å². The fourth-order valence-corrected chi connectivity index (χ4v) is 1.54. The Morgan fingerprint density at radius 3 is 2.53 bits per heavy atom. The Hall–Kier alpha value is -0.950. The quantitative estimate of drug-likeness (QED) is 0.506. The van der Waals surface area contributed by atoms with Crippen LogP contribution in [-0.2, 0) is 0 Å². The zero-order valence-electron chi connectivity index (χ0n) is 8.95. The number of hydrogen-bond donors (Lipinski definition) is 4. The summed E-state index contributed by atoms with van der Waals surface area (Å²) in [6.07, 6.45) is 1.99. The van der Waals surface area contributed by atoms with Crippen LogP contribution in [0.15, 0.2) is 9.98 Å². The summed E-state index contributed by atoms with van der Waals surface area (Å²) in [5.41, 5.74) is 0.0639. The Labute approximate surface area is 93.6 Å². The maximum absolute atomic E-state index is 8.68. The normalized spacial score (nSPS) is 25.9. The maximum Gasteiger partial charge on any atom is 0.200 e. The van der Waals surface area contributed by atoms with Gasteiger partial charge in [-0.15, -0.1) is 11.8 Å². The Morgan fingerprint density at radius 2 is 2.00 bits per heavy atom. The minimum atomic E-state index is 0.0461. The third-order valence-electron chi connectivity index (χ3n) is 1.69. The van der Waals surface area contributed by atoms with Crippen molar-refractivity contribution in [3.63, 3.8) is 0 Å². The molecule has 0 amide bonds. The van der Waals surface area contributed by atoms with Gasteiger partial charge in [-0.25, -0.2) is 0 Å². The molecule has 1 unspecified atom stereocenters. The van der Waals surface area contributed by atoms with E-state index in [9.17, 15) is 0 Å². The van der Waals surface area contributed by atoms with Gasteiger partial charge in [0.05, 0.1) is 13.2 Å². The molecule has 0 saturated carbocycles. The highest BCUT2D eigenvalue weighted by Crippen LogP contribution is 2.01. The Kier molecular flexibility index (Phi) is 5.27. The number of guanidine groups is 2. The zero-order valence-corrected chi connectivity index (χ0v) is 9.77. The lowest BCUT2D eigenvalue weighted by Gasteiger charge is -2.28. The number of hydrogen-bond acceptors (Lipinski definition) is 4. The van der Waals surface area contributed by atoms with Crippen molar-refractivity contribution in [2.75, 3.05) is 26.0 Å². The lowest BCUT2D eigenvalue weighted by atomic mass is 10.6. The largest absolute Gasteiger partial charge is 0.394 e. The molecule has 7 heteroatoms. The first-order valence-corrected chi connectivity index (χ1v) is 6.11. The maximum atomic E-state index is 8.68. The molecule has 1 fully saturated rings. The van der Waals surface area contributed by atoms with E-state index >= 15 is 0 Å². The van der Waals surface area contributed by atoms with Crippen molar-refractivity contribution < 1.29 is 5.11 Å². The summed E-state index contributed by atoms with van der Waals surface area (Å²) in [5.74, 6) is 1.36. The van der Waals surface area contributed by atoms with Gasteiger partial charge in [0.2, 0.25) is 0 Å². The zero-order chi connectivity index (χ0) is 11.1. The van der Waals surface area contributed by atoms with E-state index < -0.39 is 0 Å². The first-order valence-electron chi connectivity index (χ1n) is 4.82. The standard InChI is InChI=1S/C8H17N5OS/c1-3-9-6-11-7(10-4-5-14)13-8(12-6)15-2/h8,14H,3-5H2,1-2H3,(H3,9,10,11,12,13). The minimum Gasteiger partial charge on any atom is -0.394 e. The molecule has 0 radical (unpaired) electrons. The van der Waals surface area contributed by atoms with Gasteiger partial charge in [0.1, 0.15) is 5.50 Å². The smallest absolute Gasteiger partial charge is 0.200 e. The second-order valence-corrected chi connectivity index (χ2v) is 3.75. The lowest BCUT2D eigenvalue weighted by Crippen LogP contribution is -2.61. The highest BCUT2D eigenvalue weighted by Gasteiger charge is 2.18. The van der Waals surface area contributed by atoms with Crippen LogP contribution < -0.4 is 16.0 Å². The van der Waals surface area contributed by atoms with Gasteiger partial charge in [0, 0.05) is 6.54 Å². The molecule has 0 aliphatic carbocycles. The molecule has 4 N–H and O–H groups in total. The highest BCUT2D eigenvalue weighted by atomic mass is 32.2. The van der Waals surface area contributed by atoms with Crippen LogP contribution in [0.1, 0.15) is 6.92 Å². The van der Waals surface area contributed by atoms with E-state index in [2.05, 4.69) is 25.9 Å². The number of aliphatic hydroxyl groups is 1. The van der Waals surface area contributed by atoms with Gasteiger partial charge in [-0.3, -0.25) is 15.3 Å². The van der Waals surface area contributed by atoms with Crippen LogP contribution in [0.2, 0.25) is 0 Å². The number of thioether (sulfide) groups is 1. The summed E-state index contributed by atoms with van der Waals surface area (Å²) in [4.78, 5) is 8.38. The van der Waals surface area contributed by atoms with Gasteiger partial charge in [-0.05, 0) is 13.2 Å². The summed E-state index contributed by atoms with van der Waals surface area (Å²) >= 11 is 1.63. The second kappa shape index (κ2) is 6.52. The summed E-state index contributed by atoms with van der Waals surface area (Å²) in [7, 11) is 0. The van der Waals surface area contributed by atoms with Gasteiger partial charge in [-0.2, -0.15) is 0 Å². The van der Waals surface area contributed by atoms with E-state index in [4.69, 9.17) is 5.11 Å². The summed E-state index contributed by atoms with van der Waals surface area (Å²) in [5, 5.41) is 18.0. The Balaban J connectivity index is 2.62. The first-order chi connectivity index (χ1) is 7.30. The van der Waals surface area contributed by atoms with Crippen molar-refractivity contribution in [1.82, 2.24) is 16.0 Å². The van der Waals surface area contributed by atoms with E-state index in [1.54, 1.807) is 11.8 Å². The van der Waals surface area contributed by atoms with Crippen LogP contribution in [0, 0.1) is 0 Å². The van der Waals surface area contributed by atoms with Crippen molar-refractivity contribution in [3.8, 4) is 0 Å². The van der Waals surface area contributed by atoms with Crippen LogP contribution in [0.4, 0.5) is 0 Å². The van der Waals surface area contributed by atoms with E-state index in [1.165, 1.54) is 0 Å².